The molecule has 5 heteroatoms. The first-order chi connectivity index (χ1) is 7.34. The first kappa shape index (κ1) is 10.4. The van der Waals surface area contributed by atoms with E-state index in [1.807, 2.05) is 11.1 Å². The second-order valence-corrected chi connectivity index (χ2v) is 4.45. The van der Waals surface area contributed by atoms with E-state index in [0.29, 0.717) is 5.84 Å². The van der Waals surface area contributed by atoms with Crippen LogP contribution < -0.4 is 5.73 Å². The van der Waals surface area contributed by atoms with Gasteiger partial charge in [-0.3, -0.25) is 5.01 Å². The van der Waals surface area contributed by atoms with Gasteiger partial charge in [-0.15, -0.1) is 11.3 Å². The number of hydrazone groups is 1. The lowest BCUT2D eigenvalue weighted by Crippen LogP contribution is -2.34. The molecule has 1 fully saturated rings. The molecule has 0 aliphatic carbocycles. The van der Waals surface area contributed by atoms with Crippen LogP contribution in [0.25, 0.3) is 0 Å². The van der Waals surface area contributed by atoms with Crippen molar-refractivity contribution in [3.8, 4) is 0 Å². The molecule has 4 nitrogen and oxygen atoms in total. The summed E-state index contributed by atoms with van der Waals surface area (Å²) < 4.78 is 5.24. The monoisotopic (exact) mass is 225 g/mol. The molecule has 1 aliphatic rings. The first-order valence-corrected chi connectivity index (χ1v) is 5.90. The van der Waals surface area contributed by atoms with Crippen molar-refractivity contribution in [2.75, 3.05) is 26.3 Å². The highest BCUT2D eigenvalue weighted by molar-refractivity contribution is 7.10. The molecule has 0 radical (unpaired) electrons. The normalized spacial score (nSPS) is 18.1. The fraction of sp³-hybridized carbons (Fsp3) is 0.500. The number of nitrogens with zero attached hydrogens (tertiary/aromatic N) is 2. The molecule has 0 bridgehead atoms. The van der Waals surface area contributed by atoms with Crippen molar-refractivity contribution in [1.82, 2.24) is 5.01 Å². The van der Waals surface area contributed by atoms with Gasteiger partial charge in [0.15, 0.2) is 0 Å². The van der Waals surface area contributed by atoms with Gasteiger partial charge in [-0.2, -0.15) is 5.10 Å². The molecule has 0 spiro atoms. The number of ether oxygens (including phenoxy) is 1. The summed E-state index contributed by atoms with van der Waals surface area (Å²) in [7, 11) is 0. The van der Waals surface area contributed by atoms with Crippen LogP contribution in [-0.4, -0.2) is 37.1 Å². The second kappa shape index (κ2) is 5.14. The van der Waals surface area contributed by atoms with E-state index >= 15 is 0 Å². The molecule has 2 N–H and O–H groups in total. The molecule has 0 unspecified atom stereocenters. The molecule has 0 saturated carbocycles. The fourth-order valence-corrected chi connectivity index (χ4v) is 2.18. The molecule has 1 aromatic rings. The van der Waals surface area contributed by atoms with Gasteiger partial charge in [0.25, 0.3) is 0 Å². The lowest BCUT2D eigenvalue weighted by atomic mass is 10.3. The molecule has 15 heavy (non-hydrogen) atoms. The molecule has 1 saturated heterocycles. The quantitative estimate of drug-likeness (QED) is 0.614. The van der Waals surface area contributed by atoms with Gasteiger partial charge in [-0.05, 0) is 11.4 Å². The number of amidine groups is 1. The summed E-state index contributed by atoms with van der Waals surface area (Å²) in [5.41, 5.74) is 5.87. The summed E-state index contributed by atoms with van der Waals surface area (Å²) in [4.78, 5) is 1.25. The molecular formula is C10H15N3OS. The zero-order valence-electron chi connectivity index (χ0n) is 8.56. The third kappa shape index (κ3) is 3.21. The molecule has 2 heterocycles. The maximum atomic E-state index is 5.87. The highest BCUT2D eigenvalue weighted by Gasteiger charge is 2.08. The molecule has 0 amide bonds. The lowest BCUT2D eigenvalue weighted by molar-refractivity contribution is 0.0392. The van der Waals surface area contributed by atoms with Crippen molar-refractivity contribution >= 4 is 17.2 Å². The zero-order valence-corrected chi connectivity index (χ0v) is 9.37. The van der Waals surface area contributed by atoms with Gasteiger partial charge in [0.05, 0.1) is 26.3 Å². The van der Waals surface area contributed by atoms with E-state index in [0.717, 1.165) is 32.7 Å². The Balaban J connectivity index is 1.88. The highest BCUT2D eigenvalue weighted by Crippen LogP contribution is 2.09. The Bertz CT molecular complexity index is 317. The predicted octanol–water partition coefficient (Wildman–Crippen LogP) is 0.895. The van der Waals surface area contributed by atoms with Gasteiger partial charge < -0.3 is 10.5 Å². The van der Waals surface area contributed by atoms with Gasteiger partial charge in [-0.1, -0.05) is 6.07 Å². The number of rotatable bonds is 3. The SMILES string of the molecule is N/C(Cc1cccs1)=N\N1CCOCC1. The summed E-state index contributed by atoms with van der Waals surface area (Å²) in [5, 5.41) is 8.40. The highest BCUT2D eigenvalue weighted by atomic mass is 32.1. The number of thiophene rings is 1. The van der Waals surface area contributed by atoms with Crippen LogP contribution in [-0.2, 0) is 11.2 Å². The van der Waals surface area contributed by atoms with Crippen LogP contribution in [0.1, 0.15) is 4.88 Å². The minimum atomic E-state index is 0.680. The Morgan fingerprint density at radius 1 is 1.53 bits per heavy atom. The standard InChI is InChI=1S/C10H15N3OS/c11-10(8-9-2-1-7-15-9)12-13-3-5-14-6-4-13/h1-2,7H,3-6,8H2,(H2,11,12). The summed E-state index contributed by atoms with van der Waals surface area (Å²) in [6.07, 6.45) is 0.745. The van der Waals surface area contributed by atoms with Crippen LogP contribution in [0.3, 0.4) is 0 Å². The zero-order chi connectivity index (χ0) is 10.5. The van der Waals surface area contributed by atoms with Gasteiger partial charge >= 0.3 is 0 Å². The lowest BCUT2D eigenvalue weighted by Gasteiger charge is -2.24. The summed E-state index contributed by atoms with van der Waals surface area (Å²) in [6.45, 7) is 3.17. The van der Waals surface area contributed by atoms with E-state index in [1.165, 1.54) is 4.88 Å². The Labute approximate surface area is 93.3 Å². The molecule has 2 rings (SSSR count). The fourth-order valence-electron chi connectivity index (χ4n) is 1.46. The predicted molar refractivity (Wildman–Crippen MR) is 62.0 cm³/mol. The van der Waals surface area contributed by atoms with Crippen LogP contribution >= 0.6 is 11.3 Å². The van der Waals surface area contributed by atoms with Crippen molar-refractivity contribution in [3.63, 3.8) is 0 Å². The Hall–Kier alpha value is -1.07. The van der Waals surface area contributed by atoms with E-state index in [4.69, 9.17) is 10.5 Å². The molecule has 0 aromatic carbocycles. The minimum absolute atomic E-state index is 0.680. The summed E-state index contributed by atoms with van der Waals surface area (Å²) in [5.74, 6) is 0.680. The van der Waals surface area contributed by atoms with E-state index in [2.05, 4.69) is 16.5 Å². The third-order valence-corrected chi connectivity index (χ3v) is 3.07. The minimum Gasteiger partial charge on any atom is -0.385 e. The molecule has 82 valence electrons. The van der Waals surface area contributed by atoms with Crippen LogP contribution in [0.15, 0.2) is 22.6 Å². The Morgan fingerprint density at radius 3 is 3.00 bits per heavy atom. The number of hydrogen-bond donors (Lipinski definition) is 1. The van der Waals surface area contributed by atoms with Gasteiger partial charge in [-0.25, -0.2) is 0 Å². The van der Waals surface area contributed by atoms with E-state index in [1.54, 1.807) is 11.3 Å². The first-order valence-electron chi connectivity index (χ1n) is 5.02. The van der Waals surface area contributed by atoms with Crippen molar-refractivity contribution in [2.24, 2.45) is 10.8 Å². The Kier molecular flexibility index (Phi) is 3.58. The van der Waals surface area contributed by atoms with E-state index in [9.17, 15) is 0 Å². The number of nitrogens with two attached hydrogens (primary N) is 1. The average Bonchev–Trinajstić information content (AvgIpc) is 2.71. The van der Waals surface area contributed by atoms with Crippen LogP contribution in [0.5, 0.6) is 0 Å². The molecular weight excluding hydrogens is 210 g/mol. The van der Waals surface area contributed by atoms with Crippen molar-refractivity contribution in [1.29, 1.82) is 0 Å². The average molecular weight is 225 g/mol. The largest absolute Gasteiger partial charge is 0.385 e. The number of morpholine rings is 1. The van der Waals surface area contributed by atoms with Crippen molar-refractivity contribution in [3.05, 3.63) is 22.4 Å². The van der Waals surface area contributed by atoms with E-state index in [-0.39, 0.29) is 0 Å². The van der Waals surface area contributed by atoms with E-state index < -0.39 is 0 Å². The van der Waals surface area contributed by atoms with Crippen LogP contribution in [0, 0.1) is 0 Å². The van der Waals surface area contributed by atoms with Crippen molar-refractivity contribution < 1.29 is 4.74 Å². The van der Waals surface area contributed by atoms with Crippen LogP contribution in [0.2, 0.25) is 0 Å². The van der Waals surface area contributed by atoms with Crippen LogP contribution in [0.4, 0.5) is 0 Å². The molecule has 1 aliphatic heterocycles. The molecule has 0 atom stereocenters. The Morgan fingerprint density at radius 2 is 2.33 bits per heavy atom. The van der Waals surface area contributed by atoms with Gasteiger partial charge in [0.2, 0.25) is 0 Å². The summed E-state index contributed by atoms with van der Waals surface area (Å²) in [6, 6.07) is 4.11. The summed E-state index contributed by atoms with van der Waals surface area (Å²) >= 11 is 1.71. The second-order valence-electron chi connectivity index (χ2n) is 3.41. The smallest absolute Gasteiger partial charge is 0.125 e. The maximum absolute atomic E-state index is 5.87. The topological polar surface area (TPSA) is 50.8 Å². The molecule has 1 aromatic heterocycles. The number of hydrogen-bond acceptors (Lipinski definition) is 4. The van der Waals surface area contributed by atoms with Gasteiger partial charge in [0, 0.05) is 11.3 Å². The van der Waals surface area contributed by atoms with Gasteiger partial charge in [0.1, 0.15) is 5.84 Å². The third-order valence-electron chi connectivity index (χ3n) is 2.19. The van der Waals surface area contributed by atoms with Crippen molar-refractivity contribution in [2.45, 2.75) is 6.42 Å². The maximum Gasteiger partial charge on any atom is 0.125 e.